The summed E-state index contributed by atoms with van der Waals surface area (Å²) >= 11 is 6.31. The van der Waals surface area contributed by atoms with E-state index in [0.717, 1.165) is 25.2 Å². The fourth-order valence-corrected chi connectivity index (χ4v) is 5.20. The Morgan fingerprint density at radius 2 is 1.76 bits per heavy atom. The smallest absolute Gasteiger partial charge is 0.381 e. The van der Waals surface area contributed by atoms with Gasteiger partial charge in [0.15, 0.2) is 0 Å². The Hall–Kier alpha value is -2.00. The molecule has 0 radical (unpaired) electrons. The van der Waals surface area contributed by atoms with Gasteiger partial charge in [-0.05, 0) is 43.4 Å². The third-order valence-electron chi connectivity index (χ3n) is 6.77. The van der Waals surface area contributed by atoms with Gasteiger partial charge >= 0.3 is 6.18 Å². The maximum absolute atomic E-state index is 13.4. The molecule has 190 valence electrons. The molecule has 2 unspecified atom stereocenters. The SMILES string of the molecule is CC(C)C(C(=O)N1CCC(N2CCC(Nc3ccc(C(=O)N(C)C)c(Cl)c3)C2)CC1)C(F)(F)F. The van der Waals surface area contributed by atoms with Crippen molar-refractivity contribution in [3.8, 4) is 0 Å². The number of rotatable bonds is 6. The van der Waals surface area contributed by atoms with Gasteiger partial charge < -0.3 is 15.1 Å². The first-order valence-electron chi connectivity index (χ1n) is 11.8. The summed E-state index contributed by atoms with van der Waals surface area (Å²) < 4.78 is 40.1. The normalized spacial score (nSPS) is 21.1. The molecule has 6 nitrogen and oxygen atoms in total. The first-order chi connectivity index (χ1) is 15.9. The Balaban J connectivity index is 1.52. The van der Waals surface area contributed by atoms with Crippen LogP contribution in [0.5, 0.6) is 0 Å². The summed E-state index contributed by atoms with van der Waals surface area (Å²) in [5.74, 6) is -3.66. The highest BCUT2D eigenvalue weighted by atomic mass is 35.5. The van der Waals surface area contributed by atoms with Crippen molar-refractivity contribution in [1.29, 1.82) is 0 Å². The molecule has 1 aromatic rings. The Labute approximate surface area is 204 Å². The van der Waals surface area contributed by atoms with Crippen LogP contribution in [0.1, 0.15) is 43.5 Å². The van der Waals surface area contributed by atoms with Gasteiger partial charge in [0.25, 0.3) is 5.91 Å². The molecule has 2 heterocycles. The van der Waals surface area contributed by atoms with Crippen LogP contribution in [0.25, 0.3) is 0 Å². The number of hydrogen-bond donors (Lipinski definition) is 1. The number of benzene rings is 1. The van der Waals surface area contributed by atoms with E-state index in [1.165, 1.54) is 23.6 Å². The quantitative estimate of drug-likeness (QED) is 0.628. The Morgan fingerprint density at radius 3 is 2.29 bits per heavy atom. The van der Waals surface area contributed by atoms with Crippen LogP contribution in [0.3, 0.4) is 0 Å². The van der Waals surface area contributed by atoms with Crippen molar-refractivity contribution in [2.45, 2.75) is 51.4 Å². The Bertz CT molecular complexity index is 885. The third kappa shape index (κ3) is 6.16. The molecule has 1 N–H and O–H groups in total. The molecule has 2 aliphatic heterocycles. The monoisotopic (exact) mass is 502 g/mol. The van der Waals surface area contributed by atoms with Crippen LogP contribution in [0.4, 0.5) is 18.9 Å². The van der Waals surface area contributed by atoms with Gasteiger partial charge in [-0.15, -0.1) is 0 Å². The standard InChI is InChI=1S/C24H34ClF3N4O2/c1-15(2)21(24(26,27)28)23(34)31-11-8-18(9-12-31)32-10-7-17(14-32)29-16-5-6-19(20(25)13-16)22(33)30(3)4/h5-6,13,15,17-18,21,29H,7-12,14H2,1-4H3. The van der Waals surface area contributed by atoms with Crippen LogP contribution in [0.2, 0.25) is 5.02 Å². The maximum Gasteiger partial charge on any atom is 0.400 e. The van der Waals surface area contributed by atoms with Gasteiger partial charge in [0, 0.05) is 58.0 Å². The molecule has 0 aliphatic carbocycles. The van der Waals surface area contributed by atoms with Gasteiger partial charge in [-0.25, -0.2) is 0 Å². The van der Waals surface area contributed by atoms with Gasteiger partial charge in [0.1, 0.15) is 5.92 Å². The predicted octanol–water partition coefficient (Wildman–Crippen LogP) is 4.35. The van der Waals surface area contributed by atoms with Crippen LogP contribution in [-0.4, -0.2) is 85.0 Å². The largest absolute Gasteiger partial charge is 0.400 e. The molecule has 1 aromatic carbocycles. The summed E-state index contributed by atoms with van der Waals surface area (Å²) in [7, 11) is 3.36. The van der Waals surface area contributed by atoms with Gasteiger partial charge in [-0.1, -0.05) is 25.4 Å². The van der Waals surface area contributed by atoms with E-state index in [4.69, 9.17) is 11.6 Å². The second-order valence-corrected chi connectivity index (χ2v) is 10.2. The molecule has 0 bridgehead atoms. The van der Waals surface area contributed by atoms with Gasteiger partial charge in [0.2, 0.25) is 5.91 Å². The summed E-state index contributed by atoms with van der Waals surface area (Å²) in [5.41, 5.74) is 1.30. The fraction of sp³-hybridized carbons (Fsp3) is 0.667. The predicted molar refractivity (Wildman–Crippen MR) is 127 cm³/mol. The van der Waals surface area contributed by atoms with Crippen molar-refractivity contribution in [3.63, 3.8) is 0 Å². The molecule has 2 atom stereocenters. The van der Waals surface area contributed by atoms with Crippen LogP contribution in [-0.2, 0) is 4.79 Å². The topological polar surface area (TPSA) is 55.9 Å². The minimum absolute atomic E-state index is 0.150. The second kappa shape index (κ2) is 10.7. The van der Waals surface area contributed by atoms with E-state index < -0.39 is 23.9 Å². The number of amides is 2. The van der Waals surface area contributed by atoms with Gasteiger partial charge in [-0.2, -0.15) is 13.2 Å². The molecule has 2 saturated heterocycles. The molecule has 0 aromatic heterocycles. The zero-order valence-corrected chi connectivity index (χ0v) is 20.9. The highest BCUT2D eigenvalue weighted by Gasteiger charge is 2.48. The highest BCUT2D eigenvalue weighted by Crippen LogP contribution is 2.34. The van der Waals surface area contributed by atoms with Crippen LogP contribution < -0.4 is 5.32 Å². The molecular formula is C24H34ClF3N4O2. The minimum atomic E-state index is -4.52. The number of nitrogens with zero attached hydrogens (tertiary/aromatic N) is 3. The number of carbonyl (C=O) groups is 2. The zero-order chi connectivity index (χ0) is 25.2. The lowest BCUT2D eigenvalue weighted by atomic mass is 9.92. The number of halogens is 4. The van der Waals surface area contributed by atoms with E-state index in [1.807, 2.05) is 6.07 Å². The van der Waals surface area contributed by atoms with Crippen molar-refractivity contribution in [3.05, 3.63) is 28.8 Å². The summed E-state index contributed by atoms with van der Waals surface area (Å²) in [5, 5.41) is 3.87. The number of anilines is 1. The molecule has 34 heavy (non-hydrogen) atoms. The molecule has 0 saturated carbocycles. The third-order valence-corrected chi connectivity index (χ3v) is 7.09. The molecular weight excluding hydrogens is 469 g/mol. The zero-order valence-electron chi connectivity index (χ0n) is 20.2. The molecule has 10 heteroatoms. The van der Waals surface area contributed by atoms with Gasteiger partial charge in [-0.3, -0.25) is 14.5 Å². The van der Waals surface area contributed by atoms with Crippen molar-refractivity contribution < 1.29 is 22.8 Å². The average molecular weight is 503 g/mol. The van der Waals surface area contributed by atoms with E-state index in [0.29, 0.717) is 36.5 Å². The summed E-state index contributed by atoms with van der Waals surface area (Å²) in [6.45, 7) is 5.30. The van der Waals surface area contributed by atoms with E-state index >= 15 is 0 Å². The Morgan fingerprint density at radius 1 is 1.12 bits per heavy atom. The molecule has 2 amide bonds. The number of carbonyl (C=O) groups excluding carboxylic acids is 2. The average Bonchev–Trinajstić information content (AvgIpc) is 3.20. The fourth-order valence-electron chi connectivity index (χ4n) is 4.94. The van der Waals surface area contributed by atoms with E-state index in [1.54, 1.807) is 26.2 Å². The minimum Gasteiger partial charge on any atom is -0.381 e. The first kappa shape index (κ1) is 26.6. The van der Waals surface area contributed by atoms with Crippen molar-refractivity contribution in [1.82, 2.24) is 14.7 Å². The van der Waals surface area contributed by atoms with Gasteiger partial charge in [0.05, 0.1) is 10.6 Å². The summed E-state index contributed by atoms with van der Waals surface area (Å²) in [4.78, 5) is 29.9. The number of piperidine rings is 1. The second-order valence-electron chi connectivity index (χ2n) is 9.84. The Kier molecular flexibility index (Phi) is 8.39. The lowest BCUT2D eigenvalue weighted by Crippen LogP contribution is -2.51. The lowest BCUT2D eigenvalue weighted by molar-refractivity contribution is -0.198. The molecule has 3 rings (SSSR count). The van der Waals surface area contributed by atoms with Crippen LogP contribution in [0.15, 0.2) is 18.2 Å². The summed E-state index contributed by atoms with van der Waals surface area (Å²) in [6.07, 6.45) is -2.24. The van der Waals surface area contributed by atoms with Crippen LogP contribution >= 0.6 is 11.6 Å². The number of likely N-dealkylation sites (tertiary alicyclic amines) is 2. The van der Waals surface area contributed by atoms with Crippen molar-refractivity contribution in [2.24, 2.45) is 11.8 Å². The molecule has 0 spiro atoms. The lowest BCUT2D eigenvalue weighted by Gasteiger charge is -2.39. The summed E-state index contributed by atoms with van der Waals surface area (Å²) in [6, 6.07) is 5.79. The first-order valence-corrected chi connectivity index (χ1v) is 12.1. The van der Waals surface area contributed by atoms with Crippen molar-refractivity contribution in [2.75, 3.05) is 45.6 Å². The van der Waals surface area contributed by atoms with E-state index in [-0.39, 0.29) is 18.0 Å². The molecule has 2 fully saturated rings. The van der Waals surface area contributed by atoms with Crippen molar-refractivity contribution >= 4 is 29.1 Å². The van der Waals surface area contributed by atoms with E-state index in [2.05, 4.69) is 10.2 Å². The van der Waals surface area contributed by atoms with Crippen LogP contribution in [0, 0.1) is 11.8 Å². The highest BCUT2D eigenvalue weighted by molar-refractivity contribution is 6.34. The molecule has 2 aliphatic rings. The number of nitrogens with one attached hydrogen (secondary N) is 1. The number of hydrogen-bond acceptors (Lipinski definition) is 4. The maximum atomic E-state index is 13.4. The van der Waals surface area contributed by atoms with E-state index in [9.17, 15) is 22.8 Å². The number of alkyl halides is 3.